The number of thioether (sulfide) groups is 1. The second-order valence-corrected chi connectivity index (χ2v) is 5.48. The molecule has 0 radical (unpaired) electrons. The predicted molar refractivity (Wildman–Crippen MR) is 72.4 cm³/mol. The molecule has 1 atom stereocenters. The van der Waals surface area contributed by atoms with E-state index in [4.69, 9.17) is 4.74 Å². The normalized spacial score (nSPS) is 19.1. The summed E-state index contributed by atoms with van der Waals surface area (Å²) in [6, 6.07) is 0. The van der Waals surface area contributed by atoms with Crippen LogP contribution in [0.15, 0.2) is 0 Å². The summed E-state index contributed by atoms with van der Waals surface area (Å²) in [4.78, 5) is 15.9. The van der Waals surface area contributed by atoms with Crippen molar-refractivity contribution in [3.05, 3.63) is 0 Å². The highest BCUT2D eigenvalue weighted by atomic mass is 32.2. The minimum atomic E-state index is -0.144. The molecule has 0 N–H and O–H groups in total. The molecule has 17 heavy (non-hydrogen) atoms. The molecule has 0 bridgehead atoms. The molecule has 1 rings (SSSR count). The van der Waals surface area contributed by atoms with Crippen molar-refractivity contribution in [3.63, 3.8) is 0 Å². The average Bonchev–Trinajstić information content (AvgIpc) is 2.38. The third-order valence-corrected chi connectivity index (χ3v) is 4.13. The van der Waals surface area contributed by atoms with Gasteiger partial charge in [-0.2, -0.15) is 0 Å². The first-order valence-electron chi connectivity index (χ1n) is 6.37. The van der Waals surface area contributed by atoms with Gasteiger partial charge in [0, 0.05) is 26.2 Å². The van der Waals surface area contributed by atoms with Gasteiger partial charge in [-0.1, -0.05) is 13.3 Å². The van der Waals surface area contributed by atoms with Crippen LogP contribution in [0.3, 0.4) is 0 Å². The lowest BCUT2D eigenvalue weighted by Gasteiger charge is -2.36. The Kier molecular flexibility index (Phi) is 6.73. The number of nitrogens with zero attached hydrogens (tertiary/aromatic N) is 2. The molecule has 1 aliphatic heterocycles. The molecule has 1 aliphatic rings. The Bertz CT molecular complexity index is 231. The van der Waals surface area contributed by atoms with Gasteiger partial charge < -0.3 is 9.64 Å². The van der Waals surface area contributed by atoms with Crippen LogP contribution < -0.4 is 0 Å². The van der Waals surface area contributed by atoms with E-state index in [1.54, 1.807) is 0 Å². The lowest BCUT2D eigenvalue weighted by Crippen LogP contribution is -2.50. The van der Waals surface area contributed by atoms with Gasteiger partial charge >= 0.3 is 6.09 Å². The summed E-state index contributed by atoms with van der Waals surface area (Å²) in [5, 5.41) is 0.535. The number of piperazine rings is 1. The predicted octanol–water partition coefficient (Wildman–Crippen LogP) is 2.25. The fourth-order valence-corrected chi connectivity index (χ4v) is 2.32. The van der Waals surface area contributed by atoms with E-state index < -0.39 is 0 Å². The molecule has 5 heteroatoms. The van der Waals surface area contributed by atoms with Gasteiger partial charge in [0.2, 0.25) is 0 Å². The van der Waals surface area contributed by atoms with Crippen LogP contribution in [-0.2, 0) is 4.74 Å². The summed E-state index contributed by atoms with van der Waals surface area (Å²) in [6.45, 7) is 8.33. The van der Waals surface area contributed by atoms with Crippen LogP contribution in [-0.4, -0.2) is 60.3 Å². The van der Waals surface area contributed by atoms with Gasteiger partial charge in [0.1, 0.15) is 0 Å². The van der Waals surface area contributed by atoms with Crippen LogP contribution in [0, 0.1) is 0 Å². The zero-order valence-corrected chi connectivity index (χ0v) is 12.0. The van der Waals surface area contributed by atoms with Gasteiger partial charge in [-0.15, -0.1) is 11.8 Å². The summed E-state index contributed by atoms with van der Waals surface area (Å²) < 4.78 is 5.21. The lowest BCUT2D eigenvalue weighted by atomic mass is 10.3. The molecular weight excluding hydrogens is 236 g/mol. The van der Waals surface area contributed by atoms with Crippen molar-refractivity contribution in [1.82, 2.24) is 9.80 Å². The number of hydrogen-bond acceptors (Lipinski definition) is 4. The van der Waals surface area contributed by atoms with E-state index in [9.17, 15) is 4.79 Å². The van der Waals surface area contributed by atoms with Crippen LogP contribution in [0.25, 0.3) is 0 Å². The van der Waals surface area contributed by atoms with Crippen molar-refractivity contribution in [2.45, 2.75) is 32.1 Å². The second-order valence-electron chi connectivity index (χ2n) is 4.33. The molecule has 1 unspecified atom stereocenters. The van der Waals surface area contributed by atoms with Crippen LogP contribution in [0.2, 0.25) is 0 Å². The molecule has 4 nitrogen and oxygen atoms in total. The SMILES string of the molecule is CCCCOC(=O)N1CCN(C(C)SC)CC1. The number of rotatable bonds is 5. The molecule has 1 saturated heterocycles. The Hall–Kier alpha value is -0.420. The van der Waals surface area contributed by atoms with E-state index in [1.165, 1.54) is 0 Å². The Morgan fingerprint density at radius 2 is 2.00 bits per heavy atom. The number of hydrogen-bond donors (Lipinski definition) is 0. The summed E-state index contributed by atoms with van der Waals surface area (Å²) in [6.07, 6.45) is 3.99. The minimum Gasteiger partial charge on any atom is -0.449 e. The standard InChI is InChI=1S/C12H24N2O2S/c1-4-5-10-16-12(15)14-8-6-13(7-9-14)11(2)17-3/h11H,4-10H2,1-3H3. The zero-order chi connectivity index (χ0) is 12.7. The maximum absolute atomic E-state index is 11.7. The van der Waals surface area contributed by atoms with Gasteiger partial charge in [-0.25, -0.2) is 4.79 Å². The molecule has 0 aromatic heterocycles. The van der Waals surface area contributed by atoms with Gasteiger partial charge in [0.15, 0.2) is 0 Å². The Labute approximate surface area is 109 Å². The van der Waals surface area contributed by atoms with Crippen molar-refractivity contribution in [2.24, 2.45) is 0 Å². The summed E-state index contributed by atoms with van der Waals surface area (Å²) in [5.74, 6) is 0. The van der Waals surface area contributed by atoms with Gasteiger partial charge in [0.25, 0.3) is 0 Å². The molecule has 0 aromatic rings. The lowest BCUT2D eigenvalue weighted by molar-refractivity contribution is 0.0742. The Morgan fingerprint density at radius 3 is 2.53 bits per heavy atom. The zero-order valence-electron chi connectivity index (χ0n) is 11.1. The largest absolute Gasteiger partial charge is 0.449 e. The highest BCUT2D eigenvalue weighted by Crippen LogP contribution is 2.14. The first-order chi connectivity index (χ1) is 8.19. The van der Waals surface area contributed by atoms with Crippen molar-refractivity contribution < 1.29 is 9.53 Å². The number of carbonyl (C=O) groups is 1. The van der Waals surface area contributed by atoms with Crippen LogP contribution in [0.5, 0.6) is 0 Å². The molecule has 1 heterocycles. The van der Waals surface area contributed by atoms with Crippen molar-refractivity contribution >= 4 is 17.9 Å². The number of carbonyl (C=O) groups excluding carboxylic acids is 1. The molecular formula is C12H24N2O2S. The van der Waals surface area contributed by atoms with Crippen molar-refractivity contribution in [1.29, 1.82) is 0 Å². The van der Waals surface area contributed by atoms with Gasteiger partial charge in [0.05, 0.1) is 12.0 Å². The smallest absolute Gasteiger partial charge is 0.409 e. The first kappa shape index (κ1) is 14.6. The number of amides is 1. The second kappa shape index (κ2) is 7.82. The van der Waals surface area contributed by atoms with E-state index in [0.717, 1.165) is 39.0 Å². The highest BCUT2D eigenvalue weighted by molar-refractivity contribution is 7.99. The third-order valence-electron chi connectivity index (χ3n) is 3.15. The average molecular weight is 260 g/mol. The van der Waals surface area contributed by atoms with Crippen LogP contribution >= 0.6 is 11.8 Å². The quantitative estimate of drug-likeness (QED) is 0.710. The van der Waals surface area contributed by atoms with E-state index in [2.05, 4.69) is 25.0 Å². The molecule has 1 amide bonds. The molecule has 0 spiro atoms. The van der Waals surface area contributed by atoms with Gasteiger partial charge in [-0.3, -0.25) is 4.90 Å². The van der Waals surface area contributed by atoms with Crippen molar-refractivity contribution in [2.75, 3.05) is 39.0 Å². The monoisotopic (exact) mass is 260 g/mol. The molecule has 100 valence electrons. The van der Waals surface area contributed by atoms with E-state index >= 15 is 0 Å². The van der Waals surface area contributed by atoms with Gasteiger partial charge in [-0.05, 0) is 19.6 Å². The Balaban J connectivity index is 2.24. The molecule has 1 fully saturated rings. The first-order valence-corrected chi connectivity index (χ1v) is 7.66. The summed E-state index contributed by atoms with van der Waals surface area (Å²) >= 11 is 1.85. The Morgan fingerprint density at radius 1 is 1.35 bits per heavy atom. The van der Waals surface area contributed by atoms with E-state index in [0.29, 0.717) is 12.0 Å². The van der Waals surface area contributed by atoms with Crippen molar-refractivity contribution in [3.8, 4) is 0 Å². The molecule has 0 saturated carbocycles. The fraction of sp³-hybridized carbons (Fsp3) is 0.917. The van der Waals surface area contributed by atoms with Crippen LogP contribution in [0.1, 0.15) is 26.7 Å². The minimum absolute atomic E-state index is 0.144. The molecule has 0 aromatic carbocycles. The third kappa shape index (κ3) is 4.76. The number of ether oxygens (including phenoxy) is 1. The molecule has 0 aliphatic carbocycles. The maximum atomic E-state index is 11.7. The topological polar surface area (TPSA) is 32.8 Å². The highest BCUT2D eigenvalue weighted by Gasteiger charge is 2.24. The maximum Gasteiger partial charge on any atom is 0.409 e. The number of unbranched alkanes of at least 4 members (excludes halogenated alkanes) is 1. The van der Waals surface area contributed by atoms with E-state index in [1.807, 2.05) is 16.7 Å². The summed E-state index contributed by atoms with van der Waals surface area (Å²) in [7, 11) is 0. The van der Waals surface area contributed by atoms with Crippen LogP contribution in [0.4, 0.5) is 4.79 Å². The fourth-order valence-electron chi connectivity index (χ4n) is 1.81. The van der Waals surface area contributed by atoms with E-state index in [-0.39, 0.29) is 6.09 Å². The summed E-state index contributed by atoms with van der Waals surface area (Å²) in [5.41, 5.74) is 0.